The van der Waals surface area contributed by atoms with Gasteiger partial charge in [0.05, 0.1) is 0 Å². The molecule has 0 aromatic heterocycles. The molecule has 0 heterocycles. The second-order valence-electron chi connectivity index (χ2n) is 4.96. The highest BCUT2D eigenvalue weighted by atomic mass is 79.9. The lowest BCUT2D eigenvalue weighted by atomic mass is 9.99. The first-order valence-corrected chi connectivity index (χ1v) is 8.26. The smallest absolute Gasteiger partial charge is 0.251 e. The molecule has 1 unspecified atom stereocenters. The molecule has 0 fully saturated rings. The normalized spacial score (nSPS) is 12.2. The van der Waals surface area contributed by atoms with Crippen molar-refractivity contribution in [3.05, 3.63) is 35.4 Å². The lowest BCUT2D eigenvalue weighted by Gasteiger charge is -2.15. The molecule has 106 valence electrons. The van der Waals surface area contributed by atoms with Crippen LogP contribution >= 0.6 is 15.9 Å². The van der Waals surface area contributed by atoms with Crippen LogP contribution < -0.4 is 5.32 Å². The molecule has 0 aliphatic rings. The standard InChI is InChI=1S/C16H24BrNO/c1-3-5-6-13(4-2)12-18-16(19)15-9-7-14(11-17)8-10-15/h7-10,13H,3-6,11-12H2,1-2H3,(H,18,19). The number of alkyl halides is 1. The molecule has 3 heteroatoms. The molecule has 0 saturated carbocycles. The van der Waals surface area contributed by atoms with E-state index in [1.54, 1.807) is 0 Å². The number of benzene rings is 1. The molecule has 0 bridgehead atoms. The average molecular weight is 326 g/mol. The number of halogens is 1. The van der Waals surface area contributed by atoms with Crippen molar-refractivity contribution in [1.82, 2.24) is 5.32 Å². The summed E-state index contributed by atoms with van der Waals surface area (Å²) in [5, 5.41) is 3.87. The third kappa shape index (κ3) is 5.77. The molecule has 1 aromatic carbocycles. The summed E-state index contributed by atoms with van der Waals surface area (Å²) in [6, 6.07) is 7.74. The quantitative estimate of drug-likeness (QED) is 0.699. The molecule has 0 aliphatic heterocycles. The number of carbonyl (C=O) groups is 1. The van der Waals surface area contributed by atoms with Gasteiger partial charge in [0.2, 0.25) is 0 Å². The Morgan fingerprint density at radius 1 is 1.26 bits per heavy atom. The molecular weight excluding hydrogens is 302 g/mol. The number of rotatable bonds is 8. The number of unbranched alkanes of at least 4 members (excludes halogenated alkanes) is 1. The van der Waals surface area contributed by atoms with Gasteiger partial charge in [0.15, 0.2) is 0 Å². The van der Waals surface area contributed by atoms with E-state index in [0.717, 1.165) is 23.9 Å². The Morgan fingerprint density at radius 3 is 2.47 bits per heavy atom. The van der Waals surface area contributed by atoms with E-state index in [4.69, 9.17) is 0 Å². The summed E-state index contributed by atoms with van der Waals surface area (Å²) in [5.74, 6) is 0.641. The van der Waals surface area contributed by atoms with Crippen LogP contribution in [0.4, 0.5) is 0 Å². The van der Waals surface area contributed by atoms with Gasteiger partial charge in [-0.25, -0.2) is 0 Å². The Bertz CT molecular complexity index is 375. The van der Waals surface area contributed by atoms with Crippen molar-refractivity contribution < 1.29 is 4.79 Å². The van der Waals surface area contributed by atoms with Crippen LogP contribution in [0, 0.1) is 5.92 Å². The highest BCUT2D eigenvalue weighted by Crippen LogP contribution is 2.12. The third-order valence-corrected chi connectivity index (χ3v) is 4.11. The van der Waals surface area contributed by atoms with Crippen molar-refractivity contribution in [3.63, 3.8) is 0 Å². The molecule has 1 amide bonds. The summed E-state index contributed by atoms with van der Waals surface area (Å²) in [4.78, 5) is 12.0. The summed E-state index contributed by atoms with van der Waals surface area (Å²) in [6.07, 6.45) is 4.80. The Labute approximate surface area is 125 Å². The minimum atomic E-state index is 0.0380. The molecule has 1 aromatic rings. The highest BCUT2D eigenvalue weighted by Gasteiger charge is 2.09. The van der Waals surface area contributed by atoms with Crippen molar-refractivity contribution in [2.45, 2.75) is 44.9 Å². The molecule has 0 radical (unpaired) electrons. The Balaban J connectivity index is 2.44. The van der Waals surface area contributed by atoms with Crippen molar-refractivity contribution in [2.24, 2.45) is 5.92 Å². The predicted molar refractivity (Wildman–Crippen MR) is 84.7 cm³/mol. The van der Waals surface area contributed by atoms with E-state index < -0.39 is 0 Å². The van der Waals surface area contributed by atoms with Gasteiger partial charge in [0, 0.05) is 17.4 Å². The second-order valence-corrected chi connectivity index (χ2v) is 5.52. The second kappa shape index (κ2) is 9.13. The highest BCUT2D eigenvalue weighted by molar-refractivity contribution is 9.08. The van der Waals surface area contributed by atoms with E-state index in [1.165, 1.54) is 24.8 Å². The van der Waals surface area contributed by atoms with Crippen LogP contribution in [0.2, 0.25) is 0 Å². The maximum atomic E-state index is 12.0. The van der Waals surface area contributed by atoms with Gasteiger partial charge in [-0.2, -0.15) is 0 Å². The van der Waals surface area contributed by atoms with Gasteiger partial charge in [-0.05, 0) is 30.0 Å². The van der Waals surface area contributed by atoms with Crippen molar-refractivity contribution in [3.8, 4) is 0 Å². The first kappa shape index (κ1) is 16.2. The lowest BCUT2D eigenvalue weighted by Crippen LogP contribution is -2.29. The van der Waals surface area contributed by atoms with E-state index in [1.807, 2.05) is 24.3 Å². The summed E-state index contributed by atoms with van der Waals surface area (Å²) < 4.78 is 0. The van der Waals surface area contributed by atoms with Crippen LogP contribution in [0.5, 0.6) is 0 Å². The van der Waals surface area contributed by atoms with E-state index in [2.05, 4.69) is 35.1 Å². The van der Waals surface area contributed by atoms with Gasteiger partial charge in [0.1, 0.15) is 0 Å². The van der Waals surface area contributed by atoms with Crippen LogP contribution in [-0.4, -0.2) is 12.5 Å². The maximum Gasteiger partial charge on any atom is 0.251 e. The van der Waals surface area contributed by atoms with Gasteiger partial charge in [-0.1, -0.05) is 61.2 Å². The Kier molecular flexibility index (Phi) is 7.80. The SMILES string of the molecule is CCCCC(CC)CNC(=O)c1ccc(CBr)cc1. The predicted octanol–water partition coefficient (Wildman–Crippen LogP) is 4.53. The number of nitrogens with one attached hydrogen (secondary N) is 1. The fraction of sp³-hybridized carbons (Fsp3) is 0.562. The van der Waals surface area contributed by atoms with E-state index in [-0.39, 0.29) is 5.91 Å². The van der Waals surface area contributed by atoms with E-state index >= 15 is 0 Å². The topological polar surface area (TPSA) is 29.1 Å². The molecule has 1 atom stereocenters. The molecule has 1 N–H and O–H groups in total. The van der Waals surface area contributed by atoms with Gasteiger partial charge in [-0.3, -0.25) is 4.79 Å². The summed E-state index contributed by atoms with van der Waals surface area (Å²) in [6.45, 7) is 5.18. The van der Waals surface area contributed by atoms with Crippen LogP contribution in [0.15, 0.2) is 24.3 Å². The first-order valence-electron chi connectivity index (χ1n) is 7.14. The van der Waals surface area contributed by atoms with Gasteiger partial charge >= 0.3 is 0 Å². The van der Waals surface area contributed by atoms with Gasteiger partial charge in [-0.15, -0.1) is 0 Å². The molecule has 1 rings (SSSR count). The van der Waals surface area contributed by atoms with Gasteiger partial charge < -0.3 is 5.32 Å². The fourth-order valence-electron chi connectivity index (χ4n) is 2.03. The molecule has 19 heavy (non-hydrogen) atoms. The van der Waals surface area contributed by atoms with Crippen molar-refractivity contribution in [1.29, 1.82) is 0 Å². The number of carbonyl (C=O) groups excluding carboxylic acids is 1. The van der Waals surface area contributed by atoms with Crippen LogP contribution in [0.3, 0.4) is 0 Å². The first-order chi connectivity index (χ1) is 9.21. The van der Waals surface area contributed by atoms with Crippen LogP contribution in [-0.2, 0) is 5.33 Å². The zero-order valence-electron chi connectivity index (χ0n) is 11.9. The number of hydrogen-bond acceptors (Lipinski definition) is 1. The molecule has 0 aliphatic carbocycles. The van der Waals surface area contributed by atoms with E-state index in [9.17, 15) is 4.79 Å². The average Bonchev–Trinajstić information content (AvgIpc) is 2.47. The van der Waals surface area contributed by atoms with Gasteiger partial charge in [0.25, 0.3) is 5.91 Å². The fourth-order valence-corrected chi connectivity index (χ4v) is 2.40. The lowest BCUT2D eigenvalue weighted by molar-refractivity contribution is 0.0946. The summed E-state index contributed by atoms with van der Waals surface area (Å²) >= 11 is 3.40. The van der Waals surface area contributed by atoms with Crippen LogP contribution in [0.25, 0.3) is 0 Å². The minimum Gasteiger partial charge on any atom is -0.352 e. The largest absolute Gasteiger partial charge is 0.352 e. The van der Waals surface area contributed by atoms with Crippen molar-refractivity contribution in [2.75, 3.05) is 6.54 Å². The zero-order valence-corrected chi connectivity index (χ0v) is 13.5. The minimum absolute atomic E-state index is 0.0380. The number of amides is 1. The third-order valence-electron chi connectivity index (χ3n) is 3.46. The Morgan fingerprint density at radius 2 is 1.95 bits per heavy atom. The maximum absolute atomic E-state index is 12.0. The van der Waals surface area contributed by atoms with E-state index in [0.29, 0.717) is 5.92 Å². The molecule has 0 spiro atoms. The van der Waals surface area contributed by atoms with Crippen LogP contribution in [0.1, 0.15) is 55.5 Å². The Hall–Kier alpha value is -0.830. The molecule has 0 saturated heterocycles. The monoisotopic (exact) mass is 325 g/mol. The summed E-state index contributed by atoms with van der Waals surface area (Å²) in [7, 11) is 0. The molecular formula is C16H24BrNO. The molecule has 2 nitrogen and oxygen atoms in total. The number of hydrogen-bond donors (Lipinski definition) is 1. The summed E-state index contributed by atoms with van der Waals surface area (Å²) in [5.41, 5.74) is 1.93. The van der Waals surface area contributed by atoms with Crippen molar-refractivity contribution >= 4 is 21.8 Å². The zero-order chi connectivity index (χ0) is 14.1.